The number of anilines is 2. The first-order chi connectivity index (χ1) is 8.59. The van der Waals surface area contributed by atoms with Gasteiger partial charge in [0.05, 0.1) is 15.8 Å². The molecule has 0 atom stereocenters. The number of nitrogen functional groups attached to an aromatic ring is 1. The van der Waals surface area contributed by atoms with Gasteiger partial charge in [0, 0.05) is 19.2 Å². The highest BCUT2D eigenvalue weighted by atomic mass is 79.9. The van der Waals surface area contributed by atoms with Crippen LogP contribution in [-0.4, -0.2) is 13.1 Å². The molecule has 0 heterocycles. The van der Waals surface area contributed by atoms with Crippen LogP contribution in [0.3, 0.4) is 0 Å². The van der Waals surface area contributed by atoms with Crippen LogP contribution in [0.1, 0.15) is 38.5 Å². The van der Waals surface area contributed by atoms with Crippen LogP contribution in [-0.2, 0) is 0 Å². The minimum absolute atomic E-state index is 0.250. The molecular weight excluding hydrogens is 295 g/mol. The smallest absolute Gasteiger partial charge is 0.139 e. The van der Waals surface area contributed by atoms with Crippen molar-refractivity contribution < 1.29 is 4.39 Å². The van der Waals surface area contributed by atoms with Crippen LogP contribution in [0.5, 0.6) is 0 Å². The molecule has 100 valence electrons. The quantitative estimate of drug-likeness (QED) is 0.650. The molecule has 2 nitrogen and oxygen atoms in total. The summed E-state index contributed by atoms with van der Waals surface area (Å²) < 4.78 is 14.1. The van der Waals surface area contributed by atoms with Gasteiger partial charge in [-0.1, -0.05) is 25.7 Å². The molecule has 1 fully saturated rings. The fraction of sp³-hybridized carbons (Fsp3) is 0.571. The van der Waals surface area contributed by atoms with Crippen LogP contribution in [0.15, 0.2) is 16.6 Å². The van der Waals surface area contributed by atoms with Crippen molar-refractivity contribution in [2.24, 2.45) is 0 Å². The van der Waals surface area contributed by atoms with Crippen molar-refractivity contribution in [1.82, 2.24) is 0 Å². The lowest BCUT2D eigenvalue weighted by Crippen LogP contribution is -2.31. The Bertz CT molecular complexity index is 415. The number of nitrogens with zero attached hydrogens (tertiary/aromatic N) is 1. The maximum Gasteiger partial charge on any atom is 0.139 e. The van der Waals surface area contributed by atoms with Crippen molar-refractivity contribution in [3.63, 3.8) is 0 Å². The zero-order valence-electron chi connectivity index (χ0n) is 10.8. The lowest BCUT2D eigenvalue weighted by Gasteiger charge is -2.30. The lowest BCUT2D eigenvalue weighted by molar-refractivity contribution is 0.551. The van der Waals surface area contributed by atoms with Crippen LogP contribution >= 0.6 is 15.9 Å². The van der Waals surface area contributed by atoms with Gasteiger partial charge in [0.15, 0.2) is 0 Å². The van der Waals surface area contributed by atoms with Crippen molar-refractivity contribution in [3.05, 3.63) is 22.4 Å². The molecule has 4 heteroatoms. The molecule has 0 aromatic heterocycles. The fourth-order valence-electron chi connectivity index (χ4n) is 2.70. The molecule has 18 heavy (non-hydrogen) atoms. The molecule has 2 rings (SSSR count). The van der Waals surface area contributed by atoms with E-state index in [4.69, 9.17) is 5.73 Å². The lowest BCUT2D eigenvalue weighted by atomic mass is 10.1. The molecule has 1 aliphatic rings. The van der Waals surface area contributed by atoms with E-state index < -0.39 is 0 Å². The predicted molar refractivity (Wildman–Crippen MR) is 78.4 cm³/mol. The van der Waals surface area contributed by atoms with E-state index in [0.29, 0.717) is 16.2 Å². The van der Waals surface area contributed by atoms with Gasteiger partial charge in [-0.3, -0.25) is 0 Å². The summed E-state index contributed by atoms with van der Waals surface area (Å²) >= 11 is 3.16. The minimum Gasteiger partial charge on any atom is -0.397 e. The molecule has 0 radical (unpaired) electrons. The second kappa shape index (κ2) is 5.91. The van der Waals surface area contributed by atoms with Crippen molar-refractivity contribution in [2.45, 2.75) is 44.6 Å². The van der Waals surface area contributed by atoms with Crippen LogP contribution in [0.4, 0.5) is 15.8 Å². The van der Waals surface area contributed by atoms with E-state index in [9.17, 15) is 4.39 Å². The Balaban J connectivity index is 2.21. The summed E-state index contributed by atoms with van der Waals surface area (Å²) in [6, 6.07) is 3.66. The first kappa shape index (κ1) is 13.7. The highest BCUT2D eigenvalue weighted by molar-refractivity contribution is 9.10. The molecule has 1 aliphatic carbocycles. The van der Waals surface area contributed by atoms with E-state index in [1.54, 1.807) is 6.07 Å². The molecule has 1 aromatic carbocycles. The normalized spacial score (nSPS) is 17.5. The standard InChI is InChI=1S/C14H20BrFN2/c1-18(10-6-4-2-3-5-7-10)14-9-12(16)11(15)8-13(14)17/h8-10H,2-7,17H2,1H3. The fourth-order valence-corrected chi connectivity index (χ4v) is 3.06. The number of halogens is 2. The third-order valence-corrected chi connectivity index (χ3v) is 4.43. The van der Waals surface area contributed by atoms with E-state index in [1.165, 1.54) is 44.6 Å². The molecule has 2 N–H and O–H groups in total. The molecule has 0 spiro atoms. The zero-order chi connectivity index (χ0) is 13.1. The van der Waals surface area contributed by atoms with E-state index >= 15 is 0 Å². The van der Waals surface area contributed by atoms with Crippen molar-refractivity contribution in [1.29, 1.82) is 0 Å². The maximum absolute atomic E-state index is 13.6. The van der Waals surface area contributed by atoms with Crippen LogP contribution in [0.2, 0.25) is 0 Å². The monoisotopic (exact) mass is 314 g/mol. The molecule has 0 saturated heterocycles. The van der Waals surface area contributed by atoms with Crippen LogP contribution in [0, 0.1) is 5.82 Å². The molecular formula is C14H20BrFN2. The highest BCUT2D eigenvalue weighted by Crippen LogP contribution is 2.32. The van der Waals surface area contributed by atoms with Crippen molar-refractivity contribution >= 4 is 27.3 Å². The van der Waals surface area contributed by atoms with Crippen LogP contribution in [0.25, 0.3) is 0 Å². The Morgan fingerprint density at radius 3 is 2.44 bits per heavy atom. The Morgan fingerprint density at radius 1 is 1.22 bits per heavy atom. The zero-order valence-corrected chi connectivity index (χ0v) is 12.3. The molecule has 1 saturated carbocycles. The summed E-state index contributed by atoms with van der Waals surface area (Å²) in [6.07, 6.45) is 7.49. The molecule has 0 amide bonds. The highest BCUT2D eigenvalue weighted by Gasteiger charge is 2.19. The summed E-state index contributed by atoms with van der Waals surface area (Å²) in [5, 5.41) is 0. The van der Waals surface area contributed by atoms with Gasteiger partial charge < -0.3 is 10.6 Å². The van der Waals surface area contributed by atoms with Gasteiger partial charge in [0.2, 0.25) is 0 Å². The number of nitrogens with two attached hydrogens (primary N) is 1. The topological polar surface area (TPSA) is 29.3 Å². The Morgan fingerprint density at radius 2 is 1.83 bits per heavy atom. The first-order valence-electron chi connectivity index (χ1n) is 6.57. The average molecular weight is 315 g/mol. The largest absolute Gasteiger partial charge is 0.397 e. The number of hydrogen-bond acceptors (Lipinski definition) is 2. The number of rotatable bonds is 2. The third kappa shape index (κ3) is 2.97. The summed E-state index contributed by atoms with van der Waals surface area (Å²) in [6.45, 7) is 0. The SMILES string of the molecule is CN(c1cc(F)c(Br)cc1N)C1CCCCCC1. The molecule has 0 unspecified atom stereocenters. The van der Waals surface area contributed by atoms with Gasteiger partial charge in [-0.2, -0.15) is 0 Å². The van der Waals surface area contributed by atoms with E-state index in [1.807, 2.05) is 7.05 Å². The first-order valence-corrected chi connectivity index (χ1v) is 7.36. The molecule has 1 aromatic rings. The van der Waals surface area contributed by atoms with Crippen molar-refractivity contribution in [3.8, 4) is 0 Å². The second-order valence-corrected chi connectivity index (χ2v) is 5.94. The van der Waals surface area contributed by atoms with E-state index in [2.05, 4.69) is 20.8 Å². The minimum atomic E-state index is -0.250. The summed E-state index contributed by atoms with van der Waals surface area (Å²) in [7, 11) is 2.02. The van der Waals surface area contributed by atoms with Crippen molar-refractivity contribution in [2.75, 3.05) is 17.7 Å². The van der Waals surface area contributed by atoms with Gasteiger partial charge in [-0.15, -0.1) is 0 Å². The van der Waals surface area contributed by atoms with Gasteiger partial charge in [0.25, 0.3) is 0 Å². The van der Waals surface area contributed by atoms with Gasteiger partial charge in [0.1, 0.15) is 5.82 Å². The summed E-state index contributed by atoms with van der Waals surface area (Å²) in [5.41, 5.74) is 7.44. The van der Waals surface area contributed by atoms with E-state index in [-0.39, 0.29) is 5.82 Å². The molecule has 0 aliphatic heterocycles. The summed E-state index contributed by atoms with van der Waals surface area (Å²) in [4.78, 5) is 2.15. The molecule has 0 bridgehead atoms. The number of benzene rings is 1. The van der Waals surface area contributed by atoms with Crippen LogP contribution < -0.4 is 10.6 Å². The Labute approximate surface area is 116 Å². The predicted octanol–water partition coefficient (Wildman–Crippen LogP) is 4.33. The maximum atomic E-state index is 13.6. The number of hydrogen-bond donors (Lipinski definition) is 1. The third-order valence-electron chi connectivity index (χ3n) is 3.82. The van der Waals surface area contributed by atoms with Gasteiger partial charge >= 0.3 is 0 Å². The van der Waals surface area contributed by atoms with Gasteiger partial charge in [-0.05, 0) is 34.8 Å². The van der Waals surface area contributed by atoms with Gasteiger partial charge in [-0.25, -0.2) is 4.39 Å². The second-order valence-electron chi connectivity index (χ2n) is 5.08. The Hall–Kier alpha value is -0.770. The average Bonchev–Trinajstić information content (AvgIpc) is 2.61. The Kier molecular flexibility index (Phi) is 4.49. The summed E-state index contributed by atoms with van der Waals surface area (Å²) in [5.74, 6) is -0.250. The van der Waals surface area contributed by atoms with E-state index in [0.717, 1.165) is 5.69 Å².